The minimum atomic E-state index is 0. The number of aromatic hydroxyl groups is 1. The van der Waals surface area contributed by atoms with E-state index in [0.29, 0.717) is 12.5 Å². The number of methoxy groups -OCH3 is 1. The Labute approximate surface area is 149 Å². The highest BCUT2D eigenvalue weighted by Gasteiger charge is 2.24. The Bertz CT molecular complexity index is 465. The first-order valence-electron chi connectivity index (χ1n) is 7.53. The van der Waals surface area contributed by atoms with E-state index in [9.17, 15) is 5.11 Å². The molecule has 1 atom stereocenters. The number of phenols is 1. The molecular formula is C16H26IN3O2. The summed E-state index contributed by atoms with van der Waals surface area (Å²) >= 11 is 0. The molecule has 1 heterocycles. The summed E-state index contributed by atoms with van der Waals surface area (Å²) in [5, 5.41) is 12.7. The molecule has 1 aliphatic rings. The van der Waals surface area contributed by atoms with Crippen LogP contribution in [0.2, 0.25) is 0 Å². The molecule has 1 unspecified atom stereocenters. The molecule has 0 saturated carbocycles. The first-order chi connectivity index (χ1) is 10.2. The molecule has 1 fully saturated rings. The summed E-state index contributed by atoms with van der Waals surface area (Å²) in [4.78, 5) is 7.00. The van der Waals surface area contributed by atoms with E-state index in [-0.39, 0.29) is 29.7 Å². The quantitative estimate of drug-likeness (QED) is 0.438. The number of nitrogens with one attached hydrogen (secondary N) is 1. The first kappa shape index (κ1) is 19.0. The molecule has 1 saturated heterocycles. The van der Waals surface area contributed by atoms with Crippen molar-refractivity contribution in [2.24, 2.45) is 10.9 Å². The predicted molar refractivity (Wildman–Crippen MR) is 99.9 cm³/mol. The van der Waals surface area contributed by atoms with Crippen LogP contribution in [0.15, 0.2) is 29.3 Å². The smallest absolute Gasteiger partial charge is 0.194 e. The van der Waals surface area contributed by atoms with E-state index >= 15 is 0 Å². The summed E-state index contributed by atoms with van der Waals surface area (Å²) in [7, 11) is 1.76. The number of benzene rings is 1. The maximum Gasteiger partial charge on any atom is 0.194 e. The molecule has 0 bridgehead atoms. The molecule has 0 spiro atoms. The highest BCUT2D eigenvalue weighted by molar-refractivity contribution is 14.0. The summed E-state index contributed by atoms with van der Waals surface area (Å²) in [6.07, 6.45) is 1.15. The lowest BCUT2D eigenvalue weighted by Crippen LogP contribution is -2.40. The average molecular weight is 419 g/mol. The van der Waals surface area contributed by atoms with Gasteiger partial charge in [-0.3, -0.25) is 0 Å². The third-order valence-electron chi connectivity index (χ3n) is 3.67. The second-order valence-corrected chi connectivity index (χ2v) is 5.39. The van der Waals surface area contributed by atoms with Gasteiger partial charge in [0.2, 0.25) is 0 Å². The standard InChI is InChI=1S/C16H25N3O2.HI/c1-3-17-16(19-9-8-14(11-19)12-21-2)18-10-13-4-6-15(20)7-5-13;/h4-7,14,20H,3,8-12H2,1-2H3,(H,17,18);1H. The zero-order chi connectivity index (χ0) is 15.1. The Morgan fingerprint density at radius 1 is 1.41 bits per heavy atom. The van der Waals surface area contributed by atoms with Crippen molar-refractivity contribution < 1.29 is 9.84 Å². The number of likely N-dealkylation sites (tertiary alicyclic amines) is 1. The number of nitrogens with zero attached hydrogens (tertiary/aromatic N) is 2. The Kier molecular flexibility index (Phi) is 8.55. The molecule has 1 aromatic rings. The predicted octanol–water partition coefficient (Wildman–Crippen LogP) is 2.44. The zero-order valence-electron chi connectivity index (χ0n) is 13.3. The second-order valence-electron chi connectivity index (χ2n) is 5.39. The number of guanidine groups is 1. The molecule has 22 heavy (non-hydrogen) atoms. The number of aliphatic imine (C=N–C) groups is 1. The molecule has 0 aromatic heterocycles. The van der Waals surface area contributed by atoms with Crippen molar-refractivity contribution >= 4 is 29.9 Å². The maximum absolute atomic E-state index is 9.30. The van der Waals surface area contributed by atoms with Gasteiger partial charge in [-0.25, -0.2) is 4.99 Å². The average Bonchev–Trinajstić information content (AvgIpc) is 2.94. The van der Waals surface area contributed by atoms with Gasteiger partial charge in [-0.15, -0.1) is 24.0 Å². The van der Waals surface area contributed by atoms with Gasteiger partial charge in [-0.1, -0.05) is 12.1 Å². The van der Waals surface area contributed by atoms with Gasteiger partial charge < -0.3 is 20.1 Å². The number of ether oxygens (including phenoxy) is 1. The van der Waals surface area contributed by atoms with E-state index in [0.717, 1.165) is 44.2 Å². The largest absolute Gasteiger partial charge is 0.508 e. The van der Waals surface area contributed by atoms with Crippen LogP contribution >= 0.6 is 24.0 Å². The molecule has 6 heteroatoms. The second kappa shape index (κ2) is 9.89. The Morgan fingerprint density at radius 2 is 2.14 bits per heavy atom. The molecule has 0 amide bonds. The first-order valence-corrected chi connectivity index (χ1v) is 7.53. The Hall–Kier alpha value is -1.02. The topological polar surface area (TPSA) is 57.1 Å². The van der Waals surface area contributed by atoms with Crippen LogP contribution in [0.25, 0.3) is 0 Å². The maximum atomic E-state index is 9.30. The number of phenolic OH excluding ortho intramolecular Hbond substituents is 1. The number of rotatable bonds is 5. The molecule has 1 aromatic carbocycles. The molecule has 1 aliphatic heterocycles. The lowest BCUT2D eigenvalue weighted by Gasteiger charge is -2.21. The SMILES string of the molecule is CCNC(=NCc1ccc(O)cc1)N1CCC(COC)C1.I. The molecule has 0 aliphatic carbocycles. The van der Waals surface area contributed by atoms with Crippen LogP contribution in [-0.2, 0) is 11.3 Å². The fourth-order valence-corrected chi connectivity index (χ4v) is 2.59. The minimum Gasteiger partial charge on any atom is -0.508 e. The van der Waals surface area contributed by atoms with Crippen LogP contribution in [0.3, 0.4) is 0 Å². The van der Waals surface area contributed by atoms with Crippen molar-refractivity contribution in [2.75, 3.05) is 33.4 Å². The van der Waals surface area contributed by atoms with Gasteiger partial charge in [0.1, 0.15) is 5.75 Å². The van der Waals surface area contributed by atoms with E-state index in [4.69, 9.17) is 9.73 Å². The Balaban J connectivity index is 0.00000242. The molecule has 2 N–H and O–H groups in total. The van der Waals surface area contributed by atoms with Crippen LogP contribution in [0.5, 0.6) is 5.75 Å². The van der Waals surface area contributed by atoms with E-state index in [1.54, 1.807) is 19.2 Å². The minimum absolute atomic E-state index is 0. The lowest BCUT2D eigenvalue weighted by atomic mass is 10.1. The van der Waals surface area contributed by atoms with Crippen molar-refractivity contribution in [3.8, 4) is 5.75 Å². The monoisotopic (exact) mass is 419 g/mol. The van der Waals surface area contributed by atoms with Crippen molar-refractivity contribution in [3.05, 3.63) is 29.8 Å². The highest BCUT2D eigenvalue weighted by atomic mass is 127. The normalized spacial score (nSPS) is 18.2. The molecule has 124 valence electrons. The van der Waals surface area contributed by atoms with Gasteiger partial charge in [0, 0.05) is 32.7 Å². The fraction of sp³-hybridized carbons (Fsp3) is 0.562. The number of hydrogen-bond acceptors (Lipinski definition) is 3. The van der Waals surface area contributed by atoms with Gasteiger partial charge >= 0.3 is 0 Å². The van der Waals surface area contributed by atoms with Gasteiger partial charge in [0.15, 0.2) is 5.96 Å². The van der Waals surface area contributed by atoms with Crippen LogP contribution in [-0.4, -0.2) is 49.3 Å². The lowest BCUT2D eigenvalue weighted by molar-refractivity contribution is 0.157. The zero-order valence-corrected chi connectivity index (χ0v) is 15.6. The van der Waals surface area contributed by atoms with E-state index in [2.05, 4.69) is 17.1 Å². The van der Waals surface area contributed by atoms with Crippen molar-refractivity contribution in [1.29, 1.82) is 0 Å². The molecule has 5 nitrogen and oxygen atoms in total. The van der Waals surface area contributed by atoms with Crippen molar-refractivity contribution in [1.82, 2.24) is 10.2 Å². The van der Waals surface area contributed by atoms with Crippen LogP contribution in [0.4, 0.5) is 0 Å². The highest BCUT2D eigenvalue weighted by Crippen LogP contribution is 2.17. The van der Waals surface area contributed by atoms with Gasteiger partial charge in [0.05, 0.1) is 13.2 Å². The van der Waals surface area contributed by atoms with Crippen molar-refractivity contribution in [2.45, 2.75) is 19.9 Å². The third-order valence-corrected chi connectivity index (χ3v) is 3.67. The van der Waals surface area contributed by atoms with E-state index < -0.39 is 0 Å². The van der Waals surface area contributed by atoms with Gasteiger partial charge in [-0.2, -0.15) is 0 Å². The summed E-state index contributed by atoms with van der Waals surface area (Å²) in [5.41, 5.74) is 1.09. The molecular weight excluding hydrogens is 393 g/mol. The van der Waals surface area contributed by atoms with Gasteiger partial charge in [0.25, 0.3) is 0 Å². The summed E-state index contributed by atoms with van der Waals surface area (Å²) in [6.45, 7) is 6.39. The third kappa shape index (κ3) is 5.64. The number of hydrogen-bond donors (Lipinski definition) is 2. The van der Waals surface area contributed by atoms with Crippen molar-refractivity contribution in [3.63, 3.8) is 0 Å². The van der Waals surface area contributed by atoms with Crippen LogP contribution in [0.1, 0.15) is 18.9 Å². The van der Waals surface area contributed by atoms with Crippen LogP contribution < -0.4 is 5.32 Å². The summed E-state index contributed by atoms with van der Waals surface area (Å²) in [5.74, 6) is 1.84. The van der Waals surface area contributed by atoms with E-state index in [1.807, 2.05) is 12.1 Å². The molecule has 2 rings (SSSR count). The number of halogens is 1. The summed E-state index contributed by atoms with van der Waals surface area (Å²) in [6, 6.07) is 7.20. The summed E-state index contributed by atoms with van der Waals surface area (Å²) < 4.78 is 5.24. The van der Waals surface area contributed by atoms with Gasteiger partial charge in [-0.05, 0) is 31.0 Å². The van der Waals surface area contributed by atoms with E-state index in [1.165, 1.54) is 0 Å². The fourth-order valence-electron chi connectivity index (χ4n) is 2.59. The molecule has 0 radical (unpaired) electrons. The van der Waals surface area contributed by atoms with Crippen LogP contribution in [0, 0.1) is 5.92 Å². The Morgan fingerprint density at radius 3 is 2.77 bits per heavy atom.